The first-order chi connectivity index (χ1) is 13.4. The highest BCUT2D eigenvalue weighted by Crippen LogP contribution is 2.36. The molecule has 2 bridgehead atoms. The van der Waals surface area contributed by atoms with E-state index in [1.807, 2.05) is 6.92 Å². The second-order valence-electron chi connectivity index (χ2n) is 6.73. The summed E-state index contributed by atoms with van der Waals surface area (Å²) < 4.78 is 4.61. The summed E-state index contributed by atoms with van der Waals surface area (Å²) in [7, 11) is 1.26. The lowest BCUT2D eigenvalue weighted by Gasteiger charge is -2.17. The van der Waals surface area contributed by atoms with Crippen molar-refractivity contribution in [2.75, 3.05) is 17.7 Å². The minimum atomic E-state index is -0.623. The third-order valence-corrected chi connectivity index (χ3v) is 5.03. The number of nitrogens with zero attached hydrogens (tertiary/aromatic N) is 1. The molecule has 2 aromatic rings. The van der Waals surface area contributed by atoms with Crippen molar-refractivity contribution >= 4 is 41.3 Å². The Bertz CT molecular complexity index is 911. The highest BCUT2D eigenvalue weighted by molar-refractivity contribution is 6.32. The van der Waals surface area contributed by atoms with Crippen molar-refractivity contribution in [1.29, 1.82) is 0 Å². The number of carbonyl (C=O) groups is 3. The monoisotopic (exact) mass is 404 g/mol. The fourth-order valence-corrected chi connectivity index (χ4v) is 3.37. The molecular weight excluding hydrogens is 384 g/mol. The van der Waals surface area contributed by atoms with E-state index in [0.717, 1.165) is 6.29 Å². The fraction of sp³-hybridized carbons (Fsp3) is 0.368. The molecule has 0 saturated carbocycles. The molecule has 2 unspecified atom stereocenters. The maximum atomic E-state index is 12.6. The van der Waals surface area contributed by atoms with Crippen LogP contribution >= 0.6 is 11.6 Å². The SMILES string of the molecule is COC(=O)Nc1ccc2c(c1)NC(=O)C(C)CCCC(C=O)c1nc-2c(Cl)[nH]1. The van der Waals surface area contributed by atoms with E-state index in [1.165, 1.54) is 7.11 Å². The molecule has 148 valence electrons. The zero-order chi connectivity index (χ0) is 20.3. The molecule has 8 nitrogen and oxygen atoms in total. The molecule has 1 aromatic carbocycles. The molecule has 2 heterocycles. The fourth-order valence-electron chi connectivity index (χ4n) is 3.12. The molecule has 0 radical (unpaired) electrons. The maximum absolute atomic E-state index is 12.6. The number of H-pyrrole nitrogens is 1. The number of amides is 2. The van der Waals surface area contributed by atoms with Gasteiger partial charge in [0.15, 0.2) is 0 Å². The average Bonchev–Trinajstić information content (AvgIpc) is 3.05. The molecule has 2 atom stereocenters. The van der Waals surface area contributed by atoms with Gasteiger partial charge in [-0.15, -0.1) is 0 Å². The molecule has 2 amide bonds. The number of fused-ring (bicyclic) bond motifs is 4. The summed E-state index contributed by atoms with van der Waals surface area (Å²) in [6.07, 6.45) is 2.13. The Morgan fingerprint density at radius 3 is 2.89 bits per heavy atom. The summed E-state index contributed by atoms with van der Waals surface area (Å²) in [6, 6.07) is 4.96. The van der Waals surface area contributed by atoms with Gasteiger partial charge in [0.05, 0.1) is 18.7 Å². The van der Waals surface area contributed by atoms with Crippen LogP contribution in [0.3, 0.4) is 0 Å². The molecule has 1 aliphatic rings. The van der Waals surface area contributed by atoms with Gasteiger partial charge in [-0.25, -0.2) is 9.78 Å². The van der Waals surface area contributed by atoms with E-state index in [0.29, 0.717) is 47.7 Å². The zero-order valence-corrected chi connectivity index (χ0v) is 16.3. The van der Waals surface area contributed by atoms with E-state index in [9.17, 15) is 14.4 Å². The van der Waals surface area contributed by atoms with Gasteiger partial charge < -0.3 is 19.8 Å². The van der Waals surface area contributed by atoms with E-state index in [4.69, 9.17) is 11.6 Å². The number of rotatable bonds is 2. The van der Waals surface area contributed by atoms with Crippen molar-refractivity contribution < 1.29 is 19.1 Å². The van der Waals surface area contributed by atoms with Gasteiger partial charge in [0.25, 0.3) is 0 Å². The predicted octanol–water partition coefficient (Wildman–Crippen LogP) is 3.95. The minimum Gasteiger partial charge on any atom is -0.453 e. The number of anilines is 2. The van der Waals surface area contributed by atoms with Crippen molar-refractivity contribution in [2.24, 2.45) is 5.92 Å². The summed E-state index contributed by atoms with van der Waals surface area (Å²) in [5, 5.41) is 5.74. The number of halogens is 1. The van der Waals surface area contributed by atoms with E-state index < -0.39 is 12.0 Å². The topological polar surface area (TPSA) is 113 Å². The number of ether oxygens (including phenoxy) is 1. The van der Waals surface area contributed by atoms with Crippen molar-refractivity contribution in [1.82, 2.24) is 9.97 Å². The molecule has 28 heavy (non-hydrogen) atoms. The van der Waals surface area contributed by atoms with Crippen LogP contribution in [-0.2, 0) is 14.3 Å². The predicted molar refractivity (Wildman–Crippen MR) is 106 cm³/mol. The molecular formula is C19H21ClN4O4. The van der Waals surface area contributed by atoms with Crippen LogP contribution in [0, 0.1) is 5.92 Å². The van der Waals surface area contributed by atoms with Crippen LogP contribution in [-0.4, -0.2) is 35.4 Å². The minimum absolute atomic E-state index is 0.161. The van der Waals surface area contributed by atoms with E-state index in [1.54, 1.807) is 18.2 Å². The Labute approximate surface area is 167 Å². The Morgan fingerprint density at radius 2 is 2.18 bits per heavy atom. The second kappa shape index (κ2) is 8.43. The van der Waals surface area contributed by atoms with Gasteiger partial charge >= 0.3 is 6.09 Å². The standard InChI is InChI=1S/C19H21ClN4O4/c1-10-4-3-5-11(9-25)17-23-15(16(20)24-17)13-7-6-12(21-19(27)28-2)8-14(13)22-18(10)26/h6-11H,3-5H2,1-2H3,(H,21,27)(H,22,26)(H,23,24). The van der Waals surface area contributed by atoms with Gasteiger partial charge in [0.1, 0.15) is 23.0 Å². The van der Waals surface area contributed by atoms with Gasteiger partial charge in [0, 0.05) is 17.2 Å². The van der Waals surface area contributed by atoms with Gasteiger partial charge in [0.2, 0.25) is 5.91 Å². The van der Waals surface area contributed by atoms with Gasteiger partial charge in [-0.3, -0.25) is 10.1 Å². The normalized spacial score (nSPS) is 19.5. The van der Waals surface area contributed by atoms with E-state index >= 15 is 0 Å². The quantitative estimate of drug-likeness (QED) is 0.656. The molecule has 0 saturated heterocycles. The summed E-state index contributed by atoms with van der Waals surface area (Å²) in [4.78, 5) is 43.1. The Kier molecular flexibility index (Phi) is 5.99. The van der Waals surface area contributed by atoms with Crippen LogP contribution in [0.4, 0.5) is 16.2 Å². The molecule has 9 heteroatoms. The summed E-state index contributed by atoms with van der Waals surface area (Å²) in [5.41, 5.74) is 1.91. The van der Waals surface area contributed by atoms with Crippen LogP contribution in [0.5, 0.6) is 0 Å². The number of nitrogens with one attached hydrogen (secondary N) is 3. The van der Waals surface area contributed by atoms with Gasteiger partial charge in [-0.05, 0) is 31.0 Å². The molecule has 0 fully saturated rings. The third-order valence-electron chi connectivity index (χ3n) is 4.76. The van der Waals surface area contributed by atoms with E-state index in [2.05, 4.69) is 25.3 Å². The van der Waals surface area contributed by atoms with Gasteiger partial charge in [-0.2, -0.15) is 0 Å². The summed E-state index contributed by atoms with van der Waals surface area (Å²) in [6.45, 7) is 1.84. The number of aromatic amines is 1. The summed E-state index contributed by atoms with van der Waals surface area (Å²) in [5.74, 6) is -0.317. The van der Waals surface area contributed by atoms with Crippen molar-refractivity contribution in [3.05, 3.63) is 29.2 Å². The second-order valence-corrected chi connectivity index (χ2v) is 7.10. The van der Waals surface area contributed by atoms with Crippen LogP contribution in [0.2, 0.25) is 5.15 Å². The van der Waals surface area contributed by atoms with Crippen LogP contribution in [0.1, 0.15) is 37.9 Å². The van der Waals surface area contributed by atoms with Crippen molar-refractivity contribution in [2.45, 2.75) is 32.1 Å². The number of benzene rings is 1. The van der Waals surface area contributed by atoms with Gasteiger partial charge in [-0.1, -0.05) is 24.9 Å². The Morgan fingerprint density at radius 1 is 1.39 bits per heavy atom. The molecule has 0 spiro atoms. The van der Waals surface area contributed by atoms with E-state index in [-0.39, 0.29) is 17.0 Å². The number of methoxy groups -OCH3 is 1. The average molecular weight is 405 g/mol. The lowest BCUT2D eigenvalue weighted by atomic mass is 9.97. The highest BCUT2D eigenvalue weighted by Gasteiger charge is 2.24. The maximum Gasteiger partial charge on any atom is 0.411 e. The lowest BCUT2D eigenvalue weighted by Crippen LogP contribution is -2.21. The molecule has 0 aliphatic carbocycles. The van der Waals surface area contributed by atoms with Crippen LogP contribution in [0.25, 0.3) is 11.3 Å². The summed E-state index contributed by atoms with van der Waals surface area (Å²) >= 11 is 6.34. The van der Waals surface area contributed by atoms with Crippen molar-refractivity contribution in [3.63, 3.8) is 0 Å². The molecule has 3 N–H and O–H groups in total. The first-order valence-corrected chi connectivity index (χ1v) is 9.31. The van der Waals surface area contributed by atoms with Crippen molar-refractivity contribution in [3.8, 4) is 11.3 Å². The van der Waals surface area contributed by atoms with Crippen LogP contribution < -0.4 is 10.6 Å². The Balaban J connectivity index is 2.10. The smallest absolute Gasteiger partial charge is 0.411 e. The first-order valence-electron chi connectivity index (χ1n) is 8.94. The highest BCUT2D eigenvalue weighted by atomic mass is 35.5. The molecule has 1 aliphatic heterocycles. The molecule has 3 rings (SSSR count). The number of aromatic nitrogens is 2. The largest absolute Gasteiger partial charge is 0.453 e. The Hall–Kier alpha value is -2.87. The number of hydrogen-bond donors (Lipinski definition) is 3. The third kappa shape index (κ3) is 4.17. The first kappa shape index (κ1) is 19.9. The molecule has 1 aromatic heterocycles. The number of carbonyl (C=O) groups excluding carboxylic acids is 3. The number of aldehydes is 1. The number of imidazole rings is 1. The van der Waals surface area contributed by atoms with Crippen LogP contribution in [0.15, 0.2) is 18.2 Å². The lowest BCUT2D eigenvalue weighted by molar-refractivity contribution is -0.119. The zero-order valence-electron chi connectivity index (χ0n) is 15.5. The number of hydrogen-bond acceptors (Lipinski definition) is 5.